The topological polar surface area (TPSA) is 78.3 Å². The molecule has 0 saturated carbocycles. The first kappa shape index (κ1) is 24.5. The Morgan fingerprint density at radius 3 is 2.09 bits per heavy atom. The fourth-order valence-electron chi connectivity index (χ4n) is 3.53. The zero-order valence-electron chi connectivity index (χ0n) is 18.2. The van der Waals surface area contributed by atoms with Gasteiger partial charge in [-0.05, 0) is 53.6 Å². The third kappa shape index (κ3) is 4.67. The fraction of sp³-hybridized carbons (Fsp3) is 0.0833. The number of ether oxygens (including phenoxy) is 1. The van der Waals surface area contributed by atoms with Gasteiger partial charge in [0, 0.05) is 11.8 Å². The summed E-state index contributed by atoms with van der Waals surface area (Å²) in [5, 5.41) is 3.87. The van der Waals surface area contributed by atoms with E-state index in [4.69, 9.17) is 16.3 Å². The van der Waals surface area contributed by atoms with E-state index >= 15 is 0 Å². The molecule has 0 aliphatic carbocycles. The van der Waals surface area contributed by atoms with Crippen LogP contribution in [0.3, 0.4) is 0 Å². The van der Waals surface area contributed by atoms with Crippen molar-refractivity contribution in [3.05, 3.63) is 93.6 Å². The van der Waals surface area contributed by atoms with E-state index in [2.05, 4.69) is 5.10 Å². The summed E-state index contributed by atoms with van der Waals surface area (Å²) < 4.78 is 72.0. The van der Waals surface area contributed by atoms with Gasteiger partial charge in [-0.2, -0.15) is 9.78 Å². The van der Waals surface area contributed by atoms with E-state index in [1.54, 1.807) is 0 Å². The number of hydrogen-bond acceptors (Lipinski definition) is 5. The minimum Gasteiger partial charge on any atom is -0.491 e. The van der Waals surface area contributed by atoms with Gasteiger partial charge in [0.1, 0.15) is 5.82 Å². The van der Waals surface area contributed by atoms with Gasteiger partial charge in [0.2, 0.25) is 0 Å². The van der Waals surface area contributed by atoms with Gasteiger partial charge in [-0.15, -0.1) is 0 Å². The molecule has 0 amide bonds. The van der Waals surface area contributed by atoms with Gasteiger partial charge >= 0.3 is 0 Å². The zero-order chi connectivity index (χ0) is 25.5. The third-order valence-electron chi connectivity index (χ3n) is 5.21. The molecular weight excluding hydrogens is 505 g/mol. The molecule has 180 valence electrons. The van der Waals surface area contributed by atoms with Gasteiger partial charge in [0.15, 0.2) is 27.2 Å². The normalized spacial score (nSPS) is 11.5. The second kappa shape index (κ2) is 9.20. The highest BCUT2D eigenvalue weighted by Gasteiger charge is 2.21. The van der Waals surface area contributed by atoms with E-state index in [1.165, 1.54) is 42.6 Å². The number of sulfone groups is 1. The predicted octanol–water partition coefficient (Wildman–Crippen LogP) is 5.05. The maximum Gasteiger partial charge on any atom is 0.280 e. The first-order chi connectivity index (χ1) is 16.5. The lowest BCUT2D eigenvalue weighted by atomic mass is 9.97. The maximum absolute atomic E-state index is 14.6. The summed E-state index contributed by atoms with van der Waals surface area (Å²) in [6.07, 6.45) is 2.33. The van der Waals surface area contributed by atoms with Crippen molar-refractivity contribution in [2.24, 2.45) is 0 Å². The number of aromatic nitrogens is 2. The molecule has 0 bridgehead atoms. The molecule has 0 atom stereocenters. The van der Waals surface area contributed by atoms with Gasteiger partial charge in [-0.25, -0.2) is 21.6 Å². The Bertz CT molecular complexity index is 1600. The van der Waals surface area contributed by atoms with E-state index in [0.29, 0.717) is 5.56 Å². The van der Waals surface area contributed by atoms with Crippen molar-refractivity contribution in [3.8, 4) is 33.7 Å². The minimum absolute atomic E-state index is 0.0478. The summed E-state index contributed by atoms with van der Waals surface area (Å²) in [4.78, 5) is 13.6. The van der Waals surface area contributed by atoms with Crippen LogP contribution in [0.5, 0.6) is 5.75 Å². The minimum atomic E-state index is -3.48. The van der Waals surface area contributed by atoms with E-state index < -0.39 is 38.6 Å². The molecule has 0 radical (unpaired) electrons. The van der Waals surface area contributed by atoms with E-state index in [9.17, 15) is 26.4 Å². The molecule has 11 heteroatoms. The lowest BCUT2D eigenvalue weighted by molar-refractivity contribution is 0.360. The average Bonchev–Trinajstić information content (AvgIpc) is 2.80. The molecule has 6 nitrogen and oxygen atoms in total. The Labute approximate surface area is 203 Å². The first-order valence-corrected chi connectivity index (χ1v) is 12.2. The van der Waals surface area contributed by atoms with Crippen molar-refractivity contribution in [3.63, 3.8) is 0 Å². The monoisotopic (exact) mass is 520 g/mol. The van der Waals surface area contributed by atoms with Crippen molar-refractivity contribution in [1.29, 1.82) is 0 Å². The van der Waals surface area contributed by atoms with Crippen molar-refractivity contribution in [2.45, 2.75) is 4.90 Å². The highest BCUT2D eigenvalue weighted by molar-refractivity contribution is 7.90. The van der Waals surface area contributed by atoms with Gasteiger partial charge < -0.3 is 4.74 Å². The Morgan fingerprint density at radius 1 is 0.914 bits per heavy atom. The lowest BCUT2D eigenvalue weighted by Gasteiger charge is -2.14. The van der Waals surface area contributed by atoms with Crippen LogP contribution in [-0.2, 0) is 9.84 Å². The zero-order valence-corrected chi connectivity index (χ0v) is 19.8. The van der Waals surface area contributed by atoms with E-state index in [-0.39, 0.29) is 32.3 Å². The molecule has 4 rings (SSSR count). The number of hydrogen-bond donors (Lipinski definition) is 0. The second-order valence-corrected chi connectivity index (χ2v) is 9.94. The largest absolute Gasteiger partial charge is 0.491 e. The Hall–Kier alpha value is -3.63. The third-order valence-corrected chi connectivity index (χ3v) is 6.63. The van der Waals surface area contributed by atoms with Crippen LogP contribution in [0.2, 0.25) is 5.02 Å². The Kier molecular flexibility index (Phi) is 6.44. The van der Waals surface area contributed by atoms with Crippen molar-refractivity contribution >= 4 is 21.4 Å². The summed E-state index contributed by atoms with van der Waals surface area (Å²) in [6, 6.07) is 11.0. The van der Waals surface area contributed by atoms with Crippen LogP contribution in [0, 0.1) is 17.5 Å². The van der Waals surface area contributed by atoms with Crippen LogP contribution in [0.25, 0.3) is 27.9 Å². The van der Waals surface area contributed by atoms with Gasteiger partial charge in [-0.1, -0.05) is 23.7 Å². The SMILES string of the molecule is COc1c(F)cc(-c2c(-c3ccc(S(C)(=O)=O)cc3)cnn(-c3ccc(F)c(Cl)c3)c2=O)cc1F. The number of methoxy groups -OCH3 is 1. The molecule has 35 heavy (non-hydrogen) atoms. The molecule has 1 heterocycles. The van der Waals surface area contributed by atoms with Crippen LogP contribution in [0.15, 0.2) is 70.5 Å². The maximum atomic E-state index is 14.6. The fourth-order valence-corrected chi connectivity index (χ4v) is 4.34. The predicted molar refractivity (Wildman–Crippen MR) is 125 cm³/mol. The van der Waals surface area contributed by atoms with Crippen LogP contribution < -0.4 is 10.3 Å². The summed E-state index contributed by atoms with van der Waals surface area (Å²) in [5.41, 5.74) is -0.343. The van der Waals surface area contributed by atoms with Crippen LogP contribution in [0.4, 0.5) is 13.2 Å². The highest BCUT2D eigenvalue weighted by atomic mass is 35.5. The van der Waals surface area contributed by atoms with E-state index in [0.717, 1.165) is 36.2 Å². The van der Waals surface area contributed by atoms with Crippen molar-refractivity contribution in [2.75, 3.05) is 13.4 Å². The molecule has 0 spiro atoms. The first-order valence-electron chi connectivity index (χ1n) is 9.93. The molecule has 0 saturated heterocycles. The quantitative estimate of drug-likeness (QED) is 0.368. The Balaban J connectivity index is 2.01. The smallest absolute Gasteiger partial charge is 0.280 e. The summed E-state index contributed by atoms with van der Waals surface area (Å²) in [5.74, 6) is -3.39. The molecule has 4 aromatic rings. The number of halogens is 4. The van der Waals surface area contributed by atoms with Gasteiger partial charge in [0.05, 0.1) is 34.5 Å². The molecular formula is C24H16ClF3N2O4S. The Morgan fingerprint density at radius 2 is 1.54 bits per heavy atom. The van der Waals surface area contributed by atoms with Crippen molar-refractivity contribution < 1.29 is 26.3 Å². The van der Waals surface area contributed by atoms with Crippen LogP contribution >= 0.6 is 11.6 Å². The van der Waals surface area contributed by atoms with Crippen molar-refractivity contribution in [1.82, 2.24) is 9.78 Å². The van der Waals surface area contributed by atoms with Crippen LogP contribution in [0.1, 0.15) is 0 Å². The number of benzene rings is 3. The molecule has 3 aromatic carbocycles. The molecule has 0 aliphatic heterocycles. The average molecular weight is 521 g/mol. The molecule has 1 aromatic heterocycles. The van der Waals surface area contributed by atoms with E-state index in [1.807, 2.05) is 0 Å². The molecule has 0 unspecified atom stereocenters. The lowest BCUT2D eigenvalue weighted by Crippen LogP contribution is -2.23. The van der Waals surface area contributed by atoms with Crippen LogP contribution in [-0.4, -0.2) is 31.6 Å². The second-order valence-electron chi connectivity index (χ2n) is 7.52. The summed E-state index contributed by atoms with van der Waals surface area (Å²) in [6.45, 7) is 0. The standard InChI is InChI=1S/C24H16ClF3N2O4S/c1-34-23-20(27)9-14(10-21(23)28)22-17(13-3-6-16(7-4-13)35(2,32)33)12-29-30(24(22)31)15-5-8-19(26)18(25)11-15/h3-12H,1-2H3. The number of rotatable bonds is 5. The van der Waals surface area contributed by atoms with Gasteiger partial charge in [0.25, 0.3) is 5.56 Å². The molecule has 0 aliphatic rings. The summed E-state index contributed by atoms with van der Waals surface area (Å²) in [7, 11) is -2.37. The molecule has 0 fully saturated rings. The highest BCUT2D eigenvalue weighted by Crippen LogP contribution is 2.33. The summed E-state index contributed by atoms with van der Waals surface area (Å²) >= 11 is 5.85. The van der Waals surface area contributed by atoms with Gasteiger partial charge in [-0.3, -0.25) is 4.79 Å². The number of nitrogens with zero attached hydrogens (tertiary/aromatic N) is 2. The molecule has 0 N–H and O–H groups in total.